The van der Waals surface area contributed by atoms with Gasteiger partial charge in [0.15, 0.2) is 0 Å². The molecule has 0 spiro atoms. The Labute approximate surface area is 75.7 Å². The van der Waals surface area contributed by atoms with Crippen molar-refractivity contribution >= 4 is 5.91 Å². The molecule has 13 heavy (non-hydrogen) atoms. The minimum Gasteiger partial charge on any atom is -0.368 e. The first-order valence-electron chi connectivity index (χ1n) is 3.87. The van der Waals surface area contributed by atoms with Crippen molar-refractivity contribution < 1.29 is 9.18 Å². The largest absolute Gasteiger partial charge is 0.368 e. The third-order valence-corrected chi connectivity index (χ3v) is 1.78. The third-order valence-electron chi connectivity index (χ3n) is 1.78. The fraction of sp³-hybridized carbons (Fsp3) is 0.222. The quantitative estimate of drug-likeness (QED) is 0.718. The Bertz CT molecular complexity index is 297. The van der Waals surface area contributed by atoms with Gasteiger partial charge >= 0.3 is 0 Å². The summed E-state index contributed by atoms with van der Waals surface area (Å²) in [6.07, 6.45) is 0. The Kier molecular flexibility index (Phi) is 2.97. The van der Waals surface area contributed by atoms with E-state index in [4.69, 9.17) is 5.73 Å². The number of primary amides is 1. The second-order valence-corrected chi connectivity index (χ2v) is 2.68. The van der Waals surface area contributed by atoms with Gasteiger partial charge in [0, 0.05) is 0 Å². The van der Waals surface area contributed by atoms with Crippen molar-refractivity contribution in [2.45, 2.75) is 6.04 Å². The third kappa shape index (κ3) is 2.26. The summed E-state index contributed by atoms with van der Waals surface area (Å²) in [6, 6.07) is 5.09. The summed E-state index contributed by atoms with van der Waals surface area (Å²) in [7, 11) is 1.62. The number of hydrogen-bond donors (Lipinski definition) is 2. The number of halogens is 1. The van der Waals surface area contributed by atoms with Gasteiger partial charge in [-0.25, -0.2) is 4.39 Å². The van der Waals surface area contributed by atoms with Crippen LogP contribution in [0.15, 0.2) is 24.3 Å². The minimum atomic E-state index is -0.555. The predicted molar refractivity (Wildman–Crippen MR) is 47.4 cm³/mol. The van der Waals surface area contributed by atoms with E-state index >= 15 is 0 Å². The van der Waals surface area contributed by atoms with Crippen molar-refractivity contribution in [3.8, 4) is 0 Å². The molecule has 1 aromatic rings. The summed E-state index contributed by atoms with van der Waals surface area (Å²) < 4.78 is 12.5. The van der Waals surface area contributed by atoms with Crippen LogP contribution < -0.4 is 11.1 Å². The number of rotatable bonds is 3. The molecule has 0 bridgehead atoms. The molecule has 0 aliphatic heterocycles. The summed E-state index contributed by atoms with van der Waals surface area (Å²) >= 11 is 0. The van der Waals surface area contributed by atoms with E-state index in [1.165, 1.54) is 24.3 Å². The Morgan fingerprint density at radius 1 is 1.46 bits per heavy atom. The molecule has 0 saturated heterocycles. The molecule has 3 nitrogen and oxygen atoms in total. The molecule has 0 unspecified atom stereocenters. The fourth-order valence-electron chi connectivity index (χ4n) is 1.13. The molecular formula is C9H11FN2O. The highest BCUT2D eigenvalue weighted by atomic mass is 19.1. The highest BCUT2D eigenvalue weighted by molar-refractivity contribution is 5.81. The van der Waals surface area contributed by atoms with Gasteiger partial charge in [0.05, 0.1) is 0 Å². The van der Waals surface area contributed by atoms with E-state index in [1.807, 2.05) is 0 Å². The van der Waals surface area contributed by atoms with Gasteiger partial charge in [-0.1, -0.05) is 12.1 Å². The number of likely N-dealkylation sites (N-methyl/N-ethyl adjacent to an activating group) is 1. The molecular weight excluding hydrogens is 171 g/mol. The standard InChI is InChI=1S/C9H11FN2O/c1-12-8(9(11)13)6-2-4-7(10)5-3-6/h2-5,8,12H,1H3,(H2,11,13)/t8-/m1/s1. The van der Waals surface area contributed by atoms with E-state index in [2.05, 4.69) is 5.32 Å². The van der Waals surface area contributed by atoms with Gasteiger partial charge in [-0.15, -0.1) is 0 Å². The summed E-state index contributed by atoms with van der Waals surface area (Å²) in [5, 5.41) is 2.74. The summed E-state index contributed by atoms with van der Waals surface area (Å²) in [6.45, 7) is 0. The van der Waals surface area contributed by atoms with E-state index in [-0.39, 0.29) is 5.82 Å². The van der Waals surface area contributed by atoms with E-state index in [1.54, 1.807) is 7.05 Å². The van der Waals surface area contributed by atoms with Crippen LogP contribution in [0.1, 0.15) is 11.6 Å². The van der Waals surface area contributed by atoms with Crippen molar-refractivity contribution in [3.05, 3.63) is 35.6 Å². The number of benzene rings is 1. The molecule has 1 atom stereocenters. The summed E-state index contributed by atoms with van der Waals surface area (Å²) in [5.74, 6) is -0.808. The molecule has 0 saturated carbocycles. The van der Waals surface area contributed by atoms with Crippen LogP contribution >= 0.6 is 0 Å². The average molecular weight is 182 g/mol. The van der Waals surface area contributed by atoms with Crippen molar-refractivity contribution in [2.24, 2.45) is 5.73 Å². The Balaban J connectivity index is 2.92. The number of nitrogens with one attached hydrogen (secondary N) is 1. The zero-order valence-electron chi connectivity index (χ0n) is 7.25. The van der Waals surface area contributed by atoms with Crippen LogP contribution in [0.4, 0.5) is 4.39 Å². The second kappa shape index (κ2) is 4.00. The molecule has 4 heteroatoms. The van der Waals surface area contributed by atoms with Gasteiger partial charge in [-0.05, 0) is 24.7 Å². The lowest BCUT2D eigenvalue weighted by atomic mass is 10.1. The number of amides is 1. The molecule has 1 rings (SSSR count). The Morgan fingerprint density at radius 2 is 2.00 bits per heavy atom. The van der Waals surface area contributed by atoms with Gasteiger partial charge in [-0.3, -0.25) is 4.79 Å². The maximum atomic E-state index is 12.5. The highest BCUT2D eigenvalue weighted by Gasteiger charge is 2.14. The van der Waals surface area contributed by atoms with Gasteiger partial charge in [0.2, 0.25) is 5.91 Å². The summed E-state index contributed by atoms with van der Waals surface area (Å²) in [5.41, 5.74) is 5.79. The normalized spacial score (nSPS) is 12.5. The maximum Gasteiger partial charge on any atom is 0.239 e. The lowest BCUT2D eigenvalue weighted by Gasteiger charge is -2.11. The average Bonchev–Trinajstić information content (AvgIpc) is 2.09. The number of nitrogens with two attached hydrogens (primary N) is 1. The van der Waals surface area contributed by atoms with Crippen LogP contribution in [0.25, 0.3) is 0 Å². The van der Waals surface area contributed by atoms with Crippen molar-refractivity contribution in [1.29, 1.82) is 0 Å². The molecule has 1 aromatic carbocycles. The lowest BCUT2D eigenvalue weighted by Crippen LogP contribution is -2.31. The topological polar surface area (TPSA) is 55.1 Å². The van der Waals surface area contributed by atoms with Gasteiger partial charge < -0.3 is 11.1 Å². The molecule has 0 aliphatic rings. The highest BCUT2D eigenvalue weighted by Crippen LogP contribution is 2.12. The SMILES string of the molecule is CN[C@@H](C(N)=O)c1ccc(F)cc1. The molecule has 0 aliphatic carbocycles. The molecule has 0 fully saturated rings. The molecule has 1 amide bonds. The first-order valence-corrected chi connectivity index (χ1v) is 3.87. The molecule has 0 heterocycles. The second-order valence-electron chi connectivity index (χ2n) is 2.68. The van der Waals surface area contributed by atoms with Gasteiger partial charge in [-0.2, -0.15) is 0 Å². The maximum absolute atomic E-state index is 12.5. The Morgan fingerprint density at radius 3 is 2.38 bits per heavy atom. The van der Waals surface area contributed by atoms with Crippen LogP contribution in [-0.2, 0) is 4.79 Å². The number of carbonyl (C=O) groups excluding carboxylic acids is 1. The van der Waals surface area contributed by atoms with Crippen molar-refractivity contribution in [3.63, 3.8) is 0 Å². The van der Waals surface area contributed by atoms with E-state index < -0.39 is 11.9 Å². The van der Waals surface area contributed by atoms with Crippen LogP contribution in [0.2, 0.25) is 0 Å². The summed E-state index contributed by atoms with van der Waals surface area (Å²) in [4.78, 5) is 10.9. The van der Waals surface area contributed by atoms with Crippen LogP contribution in [-0.4, -0.2) is 13.0 Å². The monoisotopic (exact) mass is 182 g/mol. The van der Waals surface area contributed by atoms with Crippen molar-refractivity contribution in [2.75, 3.05) is 7.05 Å². The van der Waals surface area contributed by atoms with Gasteiger partial charge in [0.1, 0.15) is 11.9 Å². The zero-order valence-corrected chi connectivity index (χ0v) is 7.25. The number of hydrogen-bond acceptors (Lipinski definition) is 2. The zero-order chi connectivity index (χ0) is 9.84. The lowest BCUT2D eigenvalue weighted by molar-refractivity contribution is -0.120. The molecule has 3 N–H and O–H groups in total. The molecule has 0 radical (unpaired) electrons. The minimum absolute atomic E-state index is 0.330. The predicted octanol–water partition coefficient (Wildman–Crippen LogP) is 0.571. The Hall–Kier alpha value is -1.42. The van der Waals surface area contributed by atoms with Crippen molar-refractivity contribution in [1.82, 2.24) is 5.32 Å². The smallest absolute Gasteiger partial charge is 0.239 e. The first-order chi connectivity index (χ1) is 6.15. The fourth-order valence-corrected chi connectivity index (χ4v) is 1.13. The van der Waals surface area contributed by atoms with Crippen LogP contribution in [0.3, 0.4) is 0 Å². The van der Waals surface area contributed by atoms with E-state index in [9.17, 15) is 9.18 Å². The molecule has 70 valence electrons. The van der Waals surface area contributed by atoms with Gasteiger partial charge in [0.25, 0.3) is 0 Å². The van der Waals surface area contributed by atoms with Crippen LogP contribution in [0.5, 0.6) is 0 Å². The number of carbonyl (C=O) groups is 1. The van der Waals surface area contributed by atoms with E-state index in [0.717, 1.165) is 0 Å². The first kappa shape index (κ1) is 9.67. The van der Waals surface area contributed by atoms with E-state index in [0.29, 0.717) is 5.56 Å². The van der Waals surface area contributed by atoms with Crippen LogP contribution in [0, 0.1) is 5.82 Å². The molecule has 0 aromatic heterocycles.